The number of nitrogens with zero attached hydrogens (tertiary/aromatic N) is 1. The van der Waals surface area contributed by atoms with Crippen LogP contribution in [-0.2, 0) is 25.0 Å². The quantitative estimate of drug-likeness (QED) is 0.609. The smallest absolute Gasteiger partial charge is 0.243 e. The maximum absolute atomic E-state index is 13.8. The van der Waals surface area contributed by atoms with Crippen molar-refractivity contribution in [3.63, 3.8) is 0 Å². The molecule has 0 bridgehead atoms. The zero-order valence-electron chi connectivity index (χ0n) is 18.1. The molecular weight excluding hydrogens is 435 g/mol. The van der Waals surface area contributed by atoms with E-state index in [1.807, 2.05) is 6.07 Å². The molecule has 1 aliphatic rings. The number of ether oxygens (including phenoxy) is 1. The lowest BCUT2D eigenvalue weighted by molar-refractivity contribution is -0.121. The Balaban J connectivity index is 1.67. The second kappa shape index (κ2) is 9.89. The number of carbonyl (C=O) groups excluding carboxylic acids is 2. The van der Waals surface area contributed by atoms with Gasteiger partial charge in [-0.1, -0.05) is 24.3 Å². The SMILES string of the molecule is CC(=O)c1ccc(S(=O)(=O)N(C)CC(=O)NCC2(c3cccc(F)c3)CCOCC2)cc1. The minimum Gasteiger partial charge on any atom is -0.381 e. The van der Waals surface area contributed by atoms with Crippen molar-refractivity contribution < 1.29 is 27.1 Å². The van der Waals surface area contributed by atoms with Gasteiger partial charge in [0.05, 0.1) is 11.4 Å². The van der Waals surface area contributed by atoms with Gasteiger partial charge < -0.3 is 10.1 Å². The van der Waals surface area contributed by atoms with Crippen molar-refractivity contribution in [1.29, 1.82) is 0 Å². The summed E-state index contributed by atoms with van der Waals surface area (Å²) in [5, 5.41) is 2.82. The molecule has 0 unspecified atom stereocenters. The third kappa shape index (κ3) is 5.40. The molecule has 0 spiro atoms. The first kappa shape index (κ1) is 24.0. The first-order valence-electron chi connectivity index (χ1n) is 10.3. The average Bonchev–Trinajstić information content (AvgIpc) is 2.78. The predicted octanol–water partition coefficient (Wildman–Crippen LogP) is 2.51. The van der Waals surface area contributed by atoms with Crippen LogP contribution in [0, 0.1) is 5.82 Å². The monoisotopic (exact) mass is 462 g/mol. The first-order chi connectivity index (χ1) is 15.1. The van der Waals surface area contributed by atoms with Gasteiger partial charge in [0, 0.05) is 37.8 Å². The lowest BCUT2D eigenvalue weighted by Crippen LogP contribution is -2.47. The summed E-state index contributed by atoms with van der Waals surface area (Å²) in [6.07, 6.45) is 1.24. The highest BCUT2D eigenvalue weighted by molar-refractivity contribution is 7.89. The number of rotatable bonds is 8. The summed E-state index contributed by atoms with van der Waals surface area (Å²) in [5.41, 5.74) is 0.715. The summed E-state index contributed by atoms with van der Waals surface area (Å²) in [5.74, 6) is -0.970. The van der Waals surface area contributed by atoms with Crippen LogP contribution in [0.2, 0.25) is 0 Å². The summed E-state index contributed by atoms with van der Waals surface area (Å²) < 4.78 is 45.8. The first-order valence-corrected chi connectivity index (χ1v) is 11.8. The van der Waals surface area contributed by atoms with E-state index in [1.54, 1.807) is 6.07 Å². The normalized spacial score (nSPS) is 16.0. The molecule has 1 aliphatic heterocycles. The van der Waals surface area contributed by atoms with Gasteiger partial charge in [-0.05, 0) is 49.6 Å². The number of hydrogen-bond donors (Lipinski definition) is 1. The van der Waals surface area contributed by atoms with Gasteiger partial charge in [-0.15, -0.1) is 0 Å². The maximum Gasteiger partial charge on any atom is 0.243 e. The van der Waals surface area contributed by atoms with E-state index in [1.165, 1.54) is 50.4 Å². The summed E-state index contributed by atoms with van der Waals surface area (Å²) in [4.78, 5) is 24.0. The number of halogens is 1. The summed E-state index contributed by atoms with van der Waals surface area (Å²) >= 11 is 0. The van der Waals surface area contributed by atoms with E-state index in [4.69, 9.17) is 4.74 Å². The number of sulfonamides is 1. The van der Waals surface area contributed by atoms with Crippen molar-refractivity contribution in [3.8, 4) is 0 Å². The number of ketones is 1. The van der Waals surface area contributed by atoms with Gasteiger partial charge in [-0.2, -0.15) is 4.31 Å². The molecule has 0 aromatic heterocycles. The van der Waals surface area contributed by atoms with Gasteiger partial charge in [-0.25, -0.2) is 12.8 Å². The lowest BCUT2D eigenvalue weighted by atomic mass is 9.74. The van der Waals surface area contributed by atoms with E-state index in [-0.39, 0.29) is 29.6 Å². The lowest BCUT2D eigenvalue weighted by Gasteiger charge is -2.38. The molecule has 9 heteroatoms. The highest BCUT2D eigenvalue weighted by Crippen LogP contribution is 2.34. The van der Waals surface area contributed by atoms with Crippen molar-refractivity contribution in [2.45, 2.75) is 30.1 Å². The highest BCUT2D eigenvalue weighted by Gasteiger charge is 2.35. The van der Waals surface area contributed by atoms with Crippen LogP contribution in [0.4, 0.5) is 4.39 Å². The van der Waals surface area contributed by atoms with Crippen molar-refractivity contribution in [1.82, 2.24) is 9.62 Å². The molecule has 1 heterocycles. The molecule has 1 saturated heterocycles. The Hall–Kier alpha value is -2.62. The molecule has 0 aliphatic carbocycles. The van der Waals surface area contributed by atoms with Crippen molar-refractivity contribution in [2.24, 2.45) is 0 Å². The molecule has 2 aromatic carbocycles. The molecule has 0 saturated carbocycles. The Morgan fingerprint density at radius 2 is 1.78 bits per heavy atom. The molecule has 32 heavy (non-hydrogen) atoms. The van der Waals surface area contributed by atoms with Crippen LogP contribution in [0.3, 0.4) is 0 Å². The fraction of sp³-hybridized carbons (Fsp3) is 0.391. The fourth-order valence-corrected chi connectivity index (χ4v) is 4.93. The molecule has 7 nitrogen and oxygen atoms in total. The van der Waals surface area contributed by atoms with Crippen LogP contribution in [0.1, 0.15) is 35.7 Å². The molecule has 1 N–H and O–H groups in total. The number of likely N-dealkylation sites (N-methyl/N-ethyl adjacent to an activating group) is 1. The molecule has 1 amide bonds. The second-order valence-corrected chi connectivity index (χ2v) is 10.1. The number of nitrogens with one attached hydrogen (secondary N) is 1. The zero-order chi connectivity index (χ0) is 23.4. The van der Waals surface area contributed by atoms with E-state index in [2.05, 4.69) is 5.32 Å². The largest absolute Gasteiger partial charge is 0.381 e. The van der Waals surface area contributed by atoms with Crippen molar-refractivity contribution in [2.75, 3.05) is 33.4 Å². The van der Waals surface area contributed by atoms with Crippen LogP contribution in [0.15, 0.2) is 53.4 Å². The number of amides is 1. The summed E-state index contributed by atoms with van der Waals surface area (Å²) in [6, 6.07) is 11.9. The highest BCUT2D eigenvalue weighted by atomic mass is 32.2. The van der Waals surface area contributed by atoms with E-state index >= 15 is 0 Å². The fourth-order valence-electron chi connectivity index (χ4n) is 3.80. The second-order valence-electron chi connectivity index (χ2n) is 8.02. The molecule has 0 atom stereocenters. The van der Waals surface area contributed by atoms with E-state index < -0.39 is 21.3 Å². The number of carbonyl (C=O) groups is 2. The Morgan fingerprint density at radius 1 is 1.12 bits per heavy atom. The predicted molar refractivity (Wildman–Crippen MR) is 117 cm³/mol. The van der Waals surface area contributed by atoms with E-state index in [0.717, 1.165) is 9.87 Å². The third-order valence-corrected chi connectivity index (χ3v) is 7.66. The topological polar surface area (TPSA) is 92.8 Å². The molecule has 1 fully saturated rings. The Morgan fingerprint density at radius 3 is 2.38 bits per heavy atom. The van der Waals surface area contributed by atoms with Gasteiger partial charge in [-0.3, -0.25) is 9.59 Å². The van der Waals surface area contributed by atoms with Crippen LogP contribution in [0.5, 0.6) is 0 Å². The standard InChI is InChI=1S/C23H27FN2O5S/c1-17(27)18-6-8-21(9-7-18)32(29,30)26(2)15-22(28)25-16-23(10-12-31-13-11-23)19-4-3-5-20(24)14-19/h3-9,14H,10-13,15-16H2,1-2H3,(H,25,28). The number of hydrogen-bond acceptors (Lipinski definition) is 5. The molecule has 3 rings (SSSR count). The molecule has 2 aromatic rings. The Kier molecular flexibility index (Phi) is 7.43. The van der Waals surface area contributed by atoms with Crippen LogP contribution >= 0.6 is 0 Å². The van der Waals surface area contributed by atoms with Crippen molar-refractivity contribution in [3.05, 3.63) is 65.5 Å². The minimum absolute atomic E-state index is 0.00143. The average molecular weight is 463 g/mol. The summed E-state index contributed by atoms with van der Waals surface area (Å²) in [6.45, 7) is 2.27. The molecule has 0 radical (unpaired) electrons. The van der Waals surface area contributed by atoms with Gasteiger partial charge >= 0.3 is 0 Å². The van der Waals surface area contributed by atoms with Gasteiger partial charge in [0.1, 0.15) is 5.82 Å². The van der Waals surface area contributed by atoms with Crippen LogP contribution in [-0.4, -0.2) is 57.8 Å². The van der Waals surface area contributed by atoms with Gasteiger partial charge in [0.15, 0.2) is 5.78 Å². The number of Topliss-reactive ketones (excluding diaryl/α,β-unsaturated/α-hetero) is 1. The molecular formula is C23H27FN2O5S. The zero-order valence-corrected chi connectivity index (χ0v) is 19.0. The van der Waals surface area contributed by atoms with Crippen LogP contribution in [0.25, 0.3) is 0 Å². The maximum atomic E-state index is 13.8. The number of benzene rings is 2. The minimum atomic E-state index is -3.90. The van der Waals surface area contributed by atoms with Gasteiger partial charge in [0.25, 0.3) is 0 Å². The third-order valence-electron chi connectivity index (χ3n) is 5.85. The van der Waals surface area contributed by atoms with Crippen LogP contribution < -0.4 is 5.32 Å². The van der Waals surface area contributed by atoms with E-state index in [9.17, 15) is 22.4 Å². The summed E-state index contributed by atoms with van der Waals surface area (Å²) in [7, 11) is -2.58. The van der Waals surface area contributed by atoms with Crippen molar-refractivity contribution >= 4 is 21.7 Å². The van der Waals surface area contributed by atoms with Gasteiger partial charge in [0.2, 0.25) is 15.9 Å². The Labute approximate surface area is 187 Å². The Bertz CT molecular complexity index is 1080. The van der Waals surface area contributed by atoms with E-state index in [0.29, 0.717) is 31.6 Å². The molecule has 172 valence electrons.